The normalized spacial score (nSPS) is 14.8. The lowest BCUT2D eigenvalue weighted by molar-refractivity contribution is -0.159. The molecule has 0 bridgehead atoms. The van der Waals surface area contributed by atoms with Crippen LogP contribution in [0.15, 0.2) is 51.6 Å². The van der Waals surface area contributed by atoms with E-state index in [0.717, 1.165) is 4.47 Å². The van der Waals surface area contributed by atoms with Crippen LogP contribution in [-0.4, -0.2) is 52.1 Å². The fraction of sp³-hybridized carbons (Fsp3) is 0.263. The van der Waals surface area contributed by atoms with Crippen LogP contribution < -0.4 is 4.90 Å². The molecule has 0 N–H and O–H groups in total. The van der Waals surface area contributed by atoms with Gasteiger partial charge in [0.25, 0.3) is 5.91 Å². The SMILES string of the molecule is O=C(c1ccccc1Br)N1CCN(c2ccc(-c3noc(C(F)(F)F)n3)cn2)CC1. The molecule has 0 saturated carbocycles. The standard InChI is InChI=1S/C19H15BrF3N5O2/c20-14-4-2-1-3-13(14)17(29)28-9-7-27(8-10-28)15-6-5-12(11-24-15)16-25-18(30-26-16)19(21,22)23/h1-6,11H,7-10H2. The summed E-state index contributed by atoms with van der Waals surface area (Å²) in [6, 6.07) is 10.6. The van der Waals surface area contributed by atoms with E-state index < -0.39 is 12.1 Å². The van der Waals surface area contributed by atoms with E-state index in [4.69, 9.17) is 0 Å². The molecule has 0 atom stereocenters. The van der Waals surface area contributed by atoms with E-state index in [1.165, 1.54) is 6.20 Å². The molecule has 3 heterocycles. The number of carbonyl (C=O) groups is 1. The van der Waals surface area contributed by atoms with Gasteiger partial charge in [-0.05, 0) is 40.2 Å². The molecule has 4 rings (SSSR count). The minimum Gasteiger partial charge on any atom is -0.353 e. The molecule has 0 aliphatic carbocycles. The molecule has 1 aromatic carbocycles. The summed E-state index contributed by atoms with van der Waals surface area (Å²) in [7, 11) is 0. The van der Waals surface area contributed by atoms with Crippen molar-refractivity contribution in [1.29, 1.82) is 0 Å². The van der Waals surface area contributed by atoms with Crippen LogP contribution in [0, 0.1) is 0 Å². The van der Waals surface area contributed by atoms with Crippen molar-refractivity contribution < 1.29 is 22.5 Å². The van der Waals surface area contributed by atoms with Gasteiger partial charge >= 0.3 is 12.1 Å². The summed E-state index contributed by atoms with van der Waals surface area (Å²) in [6.07, 6.45) is -3.29. The highest BCUT2D eigenvalue weighted by molar-refractivity contribution is 9.10. The third-order valence-corrected chi connectivity index (χ3v) is 5.36. The molecule has 156 valence electrons. The second-order valence-corrected chi connectivity index (χ2v) is 7.44. The molecule has 1 aliphatic rings. The average Bonchev–Trinajstić information content (AvgIpc) is 3.25. The molecule has 0 radical (unpaired) electrons. The first-order chi connectivity index (χ1) is 14.3. The molecule has 1 saturated heterocycles. The smallest absolute Gasteiger partial charge is 0.353 e. The summed E-state index contributed by atoms with van der Waals surface area (Å²) in [5.41, 5.74) is 0.938. The van der Waals surface area contributed by atoms with Gasteiger partial charge in [0.05, 0.1) is 5.56 Å². The number of hydrogen-bond donors (Lipinski definition) is 0. The minimum atomic E-state index is -4.69. The number of rotatable bonds is 3. The fourth-order valence-corrected chi connectivity index (χ4v) is 3.56. The third-order valence-electron chi connectivity index (χ3n) is 4.67. The molecule has 1 aliphatic heterocycles. The van der Waals surface area contributed by atoms with Crippen LogP contribution in [-0.2, 0) is 6.18 Å². The number of amides is 1. The second kappa shape index (κ2) is 8.05. The Morgan fingerprint density at radius 1 is 1.07 bits per heavy atom. The van der Waals surface area contributed by atoms with Crippen LogP contribution in [0.25, 0.3) is 11.4 Å². The first-order valence-electron chi connectivity index (χ1n) is 8.99. The Hall–Kier alpha value is -2.95. The van der Waals surface area contributed by atoms with Crippen molar-refractivity contribution in [1.82, 2.24) is 20.0 Å². The number of pyridine rings is 1. The third kappa shape index (κ3) is 4.16. The number of hydrogen-bond acceptors (Lipinski definition) is 6. The van der Waals surface area contributed by atoms with Crippen LogP contribution >= 0.6 is 15.9 Å². The first kappa shape index (κ1) is 20.3. The van der Waals surface area contributed by atoms with E-state index in [9.17, 15) is 18.0 Å². The highest BCUT2D eigenvalue weighted by atomic mass is 79.9. The zero-order valence-corrected chi connectivity index (χ0v) is 17.0. The topological polar surface area (TPSA) is 75.4 Å². The van der Waals surface area contributed by atoms with Gasteiger partial charge in [-0.3, -0.25) is 4.79 Å². The van der Waals surface area contributed by atoms with E-state index in [1.807, 2.05) is 23.1 Å². The van der Waals surface area contributed by atoms with Gasteiger partial charge in [0.15, 0.2) is 0 Å². The average molecular weight is 482 g/mol. The van der Waals surface area contributed by atoms with E-state index in [-0.39, 0.29) is 11.7 Å². The Kier molecular flexibility index (Phi) is 5.46. The number of alkyl halides is 3. The van der Waals surface area contributed by atoms with Crippen LogP contribution in [0.1, 0.15) is 16.2 Å². The van der Waals surface area contributed by atoms with E-state index in [2.05, 4.69) is 35.6 Å². The van der Waals surface area contributed by atoms with Crippen molar-refractivity contribution in [3.63, 3.8) is 0 Å². The van der Waals surface area contributed by atoms with E-state index in [1.54, 1.807) is 23.1 Å². The summed E-state index contributed by atoms with van der Waals surface area (Å²) >= 11 is 3.40. The molecule has 11 heteroatoms. The maximum atomic E-state index is 12.7. The molecule has 3 aromatic rings. The minimum absolute atomic E-state index is 0.0389. The van der Waals surface area contributed by atoms with Crippen molar-refractivity contribution in [2.45, 2.75) is 6.18 Å². The van der Waals surface area contributed by atoms with Crippen molar-refractivity contribution in [2.75, 3.05) is 31.1 Å². The Labute approximate surface area is 177 Å². The number of aromatic nitrogens is 3. The molecule has 0 spiro atoms. The lowest BCUT2D eigenvalue weighted by atomic mass is 10.2. The van der Waals surface area contributed by atoms with E-state index in [0.29, 0.717) is 43.1 Å². The molecular formula is C19H15BrF3N5O2. The van der Waals surface area contributed by atoms with Gasteiger partial charge in [-0.2, -0.15) is 18.2 Å². The van der Waals surface area contributed by atoms with Crippen molar-refractivity contribution in [2.24, 2.45) is 0 Å². The molecular weight excluding hydrogens is 467 g/mol. The fourth-order valence-electron chi connectivity index (χ4n) is 3.10. The van der Waals surface area contributed by atoms with Crippen LogP contribution in [0.4, 0.5) is 19.0 Å². The van der Waals surface area contributed by atoms with Gasteiger partial charge in [-0.25, -0.2) is 4.98 Å². The van der Waals surface area contributed by atoms with Crippen LogP contribution in [0.5, 0.6) is 0 Å². The largest absolute Gasteiger partial charge is 0.471 e. The first-order valence-corrected chi connectivity index (χ1v) is 9.78. The molecule has 1 fully saturated rings. The predicted octanol–water partition coefficient (Wildman–Crippen LogP) is 3.88. The number of piperazine rings is 1. The summed E-state index contributed by atoms with van der Waals surface area (Å²) in [6.45, 7) is 2.23. The monoisotopic (exact) mass is 481 g/mol. The van der Waals surface area contributed by atoms with Crippen LogP contribution in [0.3, 0.4) is 0 Å². The maximum Gasteiger partial charge on any atom is 0.471 e. The Morgan fingerprint density at radius 2 is 1.80 bits per heavy atom. The van der Waals surface area contributed by atoms with Crippen molar-refractivity contribution in [3.8, 4) is 11.4 Å². The van der Waals surface area contributed by atoms with Gasteiger partial charge in [-0.15, -0.1) is 0 Å². The van der Waals surface area contributed by atoms with E-state index >= 15 is 0 Å². The lowest BCUT2D eigenvalue weighted by Gasteiger charge is -2.35. The zero-order chi connectivity index (χ0) is 21.3. The van der Waals surface area contributed by atoms with Crippen molar-refractivity contribution in [3.05, 3.63) is 58.5 Å². The highest BCUT2D eigenvalue weighted by Gasteiger charge is 2.38. The number of carbonyl (C=O) groups excluding carboxylic acids is 1. The summed E-state index contributed by atoms with van der Waals surface area (Å²) in [5, 5.41) is 3.35. The summed E-state index contributed by atoms with van der Waals surface area (Å²) in [5.74, 6) is -0.952. The molecule has 0 unspecified atom stereocenters. The number of halogens is 4. The number of nitrogens with zero attached hydrogens (tertiary/aromatic N) is 5. The highest BCUT2D eigenvalue weighted by Crippen LogP contribution is 2.29. The number of benzene rings is 1. The maximum absolute atomic E-state index is 12.7. The Bertz CT molecular complexity index is 1050. The molecule has 7 nitrogen and oxygen atoms in total. The van der Waals surface area contributed by atoms with Gasteiger partial charge in [0, 0.05) is 42.4 Å². The quantitative estimate of drug-likeness (QED) is 0.565. The molecule has 2 aromatic heterocycles. The number of anilines is 1. The Balaban J connectivity index is 1.40. The van der Waals surface area contributed by atoms with Gasteiger partial charge in [-0.1, -0.05) is 17.3 Å². The zero-order valence-electron chi connectivity index (χ0n) is 15.4. The van der Waals surface area contributed by atoms with Gasteiger partial charge in [0.2, 0.25) is 5.82 Å². The lowest BCUT2D eigenvalue weighted by Crippen LogP contribution is -2.49. The summed E-state index contributed by atoms with van der Waals surface area (Å²) in [4.78, 5) is 24.1. The second-order valence-electron chi connectivity index (χ2n) is 6.59. The van der Waals surface area contributed by atoms with Gasteiger partial charge in [0.1, 0.15) is 5.82 Å². The van der Waals surface area contributed by atoms with Crippen LogP contribution in [0.2, 0.25) is 0 Å². The molecule has 30 heavy (non-hydrogen) atoms. The molecule has 1 amide bonds. The predicted molar refractivity (Wildman–Crippen MR) is 105 cm³/mol. The Morgan fingerprint density at radius 3 is 2.40 bits per heavy atom. The van der Waals surface area contributed by atoms with Crippen molar-refractivity contribution >= 4 is 27.7 Å². The summed E-state index contributed by atoms with van der Waals surface area (Å²) < 4.78 is 42.8. The van der Waals surface area contributed by atoms with Gasteiger partial charge < -0.3 is 14.3 Å².